The van der Waals surface area contributed by atoms with E-state index in [-0.39, 0.29) is 35.1 Å². The Morgan fingerprint density at radius 3 is 2.41 bits per heavy atom. The van der Waals surface area contributed by atoms with E-state index < -0.39 is 88.3 Å². The zero-order valence-electron chi connectivity index (χ0n) is 27.3. The number of benzene rings is 3. The second-order valence-corrected chi connectivity index (χ2v) is 14.1. The average Bonchev–Trinajstić information content (AvgIpc) is 3.55. The molecule has 3 heterocycles. The fraction of sp³-hybridized carbons (Fsp3) is 0.222. The van der Waals surface area contributed by atoms with Gasteiger partial charge in [-0.3, -0.25) is 14.3 Å². The van der Waals surface area contributed by atoms with Crippen molar-refractivity contribution in [3.05, 3.63) is 118 Å². The molecule has 18 heteroatoms. The summed E-state index contributed by atoms with van der Waals surface area (Å²) >= 11 is 1.22. The molecule has 0 aliphatic heterocycles. The Morgan fingerprint density at radius 1 is 1.00 bits per heavy atom. The van der Waals surface area contributed by atoms with Crippen LogP contribution in [0.5, 0.6) is 0 Å². The molecule has 6 aromatic rings. The normalized spacial score (nSPS) is 17.6. The summed E-state index contributed by atoms with van der Waals surface area (Å²) in [6, 6.07) is 8.03. The number of hydrogen-bond acceptors (Lipinski definition) is 7. The minimum absolute atomic E-state index is 0.0344. The minimum atomic E-state index is -5.06. The van der Waals surface area contributed by atoms with E-state index in [9.17, 15) is 35.9 Å². The lowest BCUT2D eigenvalue weighted by Gasteiger charge is -2.24. The first kappa shape index (κ1) is 35.3. The smallest absolute Gasteiger partial charge is 0.366 e. The third-order valence-electron chi connectivity index (χ3n) is 9.48. The van der Waals surface area contributed by atoms with Crippen LogP contribution in [-0.2, 0) is 29.9 Å². The van der Waals surface area contributed by atoms with Crippen molar-refractivity contribution in [2.45, 2.75) is 43.4 Å². The molecule has 1 saturated carbocycles. The van der Waals surface area contributed by atoms with Gasteiger partial charge in [-0.2, -0.15) is 27.1 Å². The van der Waals surface area contributed by atoms with Crippen LogP contribution in [0.4, 0.5) is 35.1 Å². The standard InChI is InChI=1S/C36H23F8N7O2S/c37-18-3-15(4-19(38)7-18)5-26(48-29(52)13-51-32-30(31(50-51)36(42,43)44)22-8-24(22)35(32,40)41)21-9-27-28(54-34(49-27)17-11-46-14-47-12-17)10-20(21)16-1-2-25(39)23(6-16)33(45)53/h1-4,6-7,9-12,14,22,24,26H,5,8,13H2,(H2,45,53)(H,48,52)/t22-,24+,26?/m0/s1. The molecule has 8 rings (SSSR count). The van der Waals surface area contributed by atoms with Crippen LogP contribution in [-0.4, -0.2) is 36.5 Å². The van der Waals surface area contributed by atoms with Gasteiger partial charge in [0, 0.05) is 35.5 Å². The fourth-order valence-electron chi connectivity index (χ4n) is 7.11. The largest absolute Gasteiger partial charge is 0.435 e. The molecule has 1 fully saturated rings. The van der Waals surface area contributed by atoms with Gasteiger partial charge >= 0.3 is 6.18 Å². The van der Waals surface area contributed by atoms with E-state index in [4.69, 9.17) is 5.73 Å². The molecular formula is C36H23F8N7O2S. The lowest BCUT2D eigenvalue weighted by atomic mass is 9.90. The number of alkyl halides is 5. The van der Waals surface area contributed by atoms with Crippen LogP contribution in [0.3, 0.4) is 0 Å². The van der Waals surface area contributed by atoms with Gasteiger partial charge < -0.3 is 11.1 Å². The third kappa shape index (κ3) is 6.22. The molecule has 3 N–H and O–H groups in total. The molecule has 3 atom stereocenters. The highest BCUT2D eigenvalue weighted by Gasteiger charge is 2.68. The molecule has 0 radical (unpaired) electrons. The zero-order valence-corrected chi connectivity index (χ0v) is 28.1. The zero-order chi connectivity index (χ0) is 38.3. The lowest BCUT2D eigenvalue weighted by Crippen LogP contribution is -2.34. The summed E-state index contributed by atoms with van der Waals surface area (Å²) in [5, 5.41) is 6.55. The van der Waals surface area contributed by atoms with Gasteiger partial charge in [-0.05, 0) is 77.4 Å². The summed E-state index contributed by atoms with van der Waals surface area (Å²) in [6.45, 7) is -1.06. The number of primary amides is 1. The van der Waals surface area contributed by atoms with E-state index >= 15 is 8.78 Å². The van der Waals surface area contributed by atoms with Crippen molar-refractivity contribution < 1.29 is 44.7 Å². The third-order valence-corrected chi connectivity index (χ3v) is 10.5. The Bertz CT molecular complexity index is 2480. The number of thiazole rings is 1. The Balaban J connectivity index is 1.26. The second-order valence-electron chi connectivity index (χ2n) is 13.1. The number of carbonyl (C=O) groups is 2. The van der Waals surface area contributed by atoms with Crippen molar-refractivity contribution >= 4 is 33.4 Å². The van der Waals surface area contributed by atoms with Gasteiger partial charge in [0.2, 0.25) is 5.91 Å². The fourth-order valence-corrected chi connectivity index (χ4v) is 8.08. The Labute approximate surface area is 302 Å². The number of fused-ring (bicyclic) bond motifs is 4. The van der Waals surface area contributed by atoms with Gasteiger partial charge in [-0.25, -0.2) is 28.1 Å². The van der Waals surface area contributed by atoms with E-state index in [0.717, 1.165) is 18.2 Å². The van der Waals surface area contributed by atoms with Crippen molar-refractivity contribution in [1.82, 2.24) is 30.0 Å². The van der Waals surface area contributed by atoms with Gasteiger partial charge in [0.25, 0.3) is 11.8 Å². The maximum absolute atomic E-state index is 15.3. The second kappa shape index (κ2) is 12.7. The number of nitrogens with zero attached hydrogens (tertiary/aromatic N) is 5. The summed E-state index contributed by atoms with van der Waals surface area (Å²) in [5.74, 6) is -11.0. The quantitative estimate of drug-likeness (QED) is 0.147. The van der Waals surface area contributed by atoms with Crippen LogP contribution in [0.25, 0.3) is 31.9 Å². The van der Waals surface area contributed by atoms with Gasteiger partial charge in [0.05, 0.1) is 21.8 Å². The number of carbonyl (C=O) groups excluding carboxylic acids is 2. The summed E-state index contributed by atoms with van der Waals surface area (Å²) in [7, 11) is 0. The molecule has 0 saturated heterocycles. The monoisotopic (exact) mass is 769 g/mol. The Kier molecular flexibility index (Phi) is 8.27. The highest BCUT2D eigenvalue weighted by molar-refractivity contribution is 7.21. The van der Waals surface area contributed by atoms with Crippen molar-refractivity contribution in [3.8, 4) is 21.7 Å². The van der Waals surface area contributed by atoms with Crippen LogP contribution in [0.15, 0.2) is 67.3 Å². The lowest BCUT2D eigenvalue weighted by molar-refractivity contribution is -0.142. The van der Waals surface area contributed by atoms with Crippen molar-refractivity contribution in [1.29, 1.82) is 0 Å². The molecule has 54 heavy (non-hydrogen) atoms. The maximum atomic E-state index is 15.3. The topological polar surface area (TPSA) is 129 Å². The number of halogens is 8. The van der Waals surface area contributed by atoms with Crippen molar-refractivity contribution in [2.75, 3.05) is 0 Å². The molecule has 2 aliphatic carbocycles. The predicted molar refractivity (Wildman–Crippen MR) is 177 cm³/mol. The van der Waals surface area contributed by atoms with E-state index in [1.54, 1.807) is 6.07 Å². The van der Waals surface area contributed by atoms with Crippen LogP contribution in [0.2, 0.25) is 0 Å². The first-order chi connectivity index (χ1) is 25.6. The first-order valence-corrected chi connectivity index (χ1v) is 17.0. The molecule has 3 aromatic carbocycles. The minimum Gasteiger partial charge on any atom is -0.366 e. The molecule has 276 valence electrons. The molecular weight excluding hydrogens is 746 g/mol. The summed E-state index contributed by atoms with van der Waals surface area (Å²) in [6.07, 6.45) is -1.17. The molecule has 0 spiro atoms. The van der Waals surface area contributed by atoms with Crippen molar-refractivity contribution in [3.63, 3.8) is 0 Å². The number of amides is 2. The van der Waals surface area contributed by atoms with E-state index in [0.29, 0.717) is 31.5 Å². The number of aromatic nitrogens is 5. The molecule has 3 aromatic heterocycles. The highest BCUT2D eigenvalue weighted by atomic mass is 32.1. The number of hydrogen-bond donors (Lipinski definition) is 2. The molecule has 2 aliphatic rings. The van der Waals surface area contributed by atoms with Gasteiger partial charge in [0.15, 0.2) is 5.69 Å². The van der Waals surface area contributed by atoms with Gasteiger partial charge in [-0.15, -0.1) is 11.3 Å². The molecule has 2 amide bonds. The summed E-state index contributed by atoms with van der Waals surface area (Å²) < 4.78 is 117. The van der Waals surface area contributed by atoms with E-state index in [1.807, 2.05) is 0 Å². The Hall–Kier alpha value is -5.78. The maximum Gasteiger partial charge on any atom is 0.435 e. The van der Waals surface area contributed by atoms with Crippen LogP contribution < -0.4 is 11.1 Å². The molecule has 0 bridgehead atoms. The number of nitrogens with two attached hydrogens (primary N) is 1. The van der Waals surface area contributed by atoms with Crippen LogP contribution in [0, 0.1) is 23.4 Å². The number of rotatable bonds is 9. The molecule has 9 nitrogen and oxygen atoms in total. The van der Waals surface area contributed by atoms with Crippen LogP contribution >= 0.6 is 11.3 Å². The van der Waals surface area contributed by atoms with Gasteiger partial charge in [0.1, 0.15) is 41.0 Å². The summed E-state index contributed by atoms with van der Waals surface area (Å²) in [5.41, 5.74) is 3.51. The first-order valence-electron chi connectivity index (χ1n) is 16.2. The SMILES string of the molecule is NC(=O)c1cc(-c2cc3sc(-c4cncnc4)nc3cc2C(Cc2cc(F)cc(F)c2)NC(=O)Cn2nc(C(F)(F)F)c3c2C(F)(F)[C@@H]2C[C@H]32)ccc1F. The predicted octanol–water partition coefficient (Wildman–Crippen LogP) is 7.46. The summed E-state index contributed by atoms with van der Waals surface area (Å²) in [4.78, 5) is 38.6. The number of nitrogens with one attached hydrogen (secondary N) is 1. The average molecular weight is 770 g/mol. The van der Waals surface area contributed by atoms with Crippen LogP contribution in [0.1, 0.15) is 56.8 Å². The van der Waals surface area contributed by atoms with Crippen molar-refractivity contribution in [2.24, 2.45) is 11.7 Å². The van der Waals surface area contributed by atoms with Gasteiger partial charge in [-0.1, -0.05) is 6.07 Å². The van der Waals surface area contributed by atoms with E-state index in [2.05, 4.69) is 25.4 Å². The Morgan fingerprint density at radius 2 is 1.72 bits per heavy atom. The highest BCUT2D eigenvalue weighted by Crippen LogP contribution is 2.68. The van der Waals surface area contributed by atoms with E-state index in [1.165, 1.54) is 48.3 Å². The molecule has 1 unspecified atom stereocenters.